The molecular formula is C19H20F3N5O3. The fourth-order valence-electron chi connectivity index (χ4n) is 3.24. The third-order valence-electron chi connectivity index (χ3n) is 4.69. The normalized spacial score (nSPS) is 16.9. The molecule has 0 radical (unpaired) electrons. The molecule has 1 saturated heterocycles. The van der Waals surface area contributed by atoms with Crippen molar-refractivity contribution in [3.05, 3.63) is 42.2 Å². The van der Waals surface area contributed by atoms with Crippen molar-refractivity contribution >= 4 is 29.7 Å². The zero-order chi connectivity index (χ0) is 21.7. The molecule has 11 heteroatoms. The van der Waals surface area contributed by atoms with E-state index in [0.29, 0.717) is 24.1 Å². The number of amides is 1. The van der Waals surface area contributed by atoms with Gasteiger partial charge in [0, 0.05) is 32.4 Å². The second kappa shape index (κ2) is 8.97. The summed E-state index contributed by atoms with van der Waals surface area (Å²) in [6, 6.07) is 8.75. The van der Waals surface area contributed by atoms with Gasteiger partial charge >= 0.3 is 12.1 Å². The van der Waals surface area contributed by atoms with Crippen LogP contribution in [-0.2, 0) is 9.53 Å². The van der Waals surface area contributed by atoms with Gasteiger partial charge in [-0.15, -0.1) is 0 Å². The maximum Gasteiger partial charge on any atom is 0.422 e. The van der Waals surface area contributed by atoms with Crippen molar-refractivity contribution < 1.29 is 27.5 Å². The lowest BCUT2D eigenvalue weighted by atomic mass is 10.2. The molecule has 2 bridgehead atoms. The number of carbonyl (C=O) groups excluding carboxylic acids is 2. The molecule has 1 amide bonds. The SMILES string of the molecule is CN1c2nc(C(=O)OCC(F)(F)F)ccc2N2CCC1C2.O=CNc1ccccn1. The quantitative estimate of drug-likeness (QED) is 0.597. The fraction of sp³-hybridized carbons (Fsp3) is 0.368. The lowest BCUT2D eigenvalue weighted by Crippen LogP contribution is -2.40. The maximum atomic E-state index is 12.1. The number of rotatable bonds is 4. The Bertz CT molecular complexity index is 895. The lowest BCUT2D eigenvalue weighted by Gasteiger charge is -2.34. The van der Waals surface area contributed by atoms with E-state index in [4.69, 9.17) is 0 Å². The van der Waals surface area contributed by atoms with Crippen LogP contribution >= 0.6 is 0 Å². The molecular weight excluding hydrogens is 403 g/mol. The van der Waals surface area contributed by atoms with Crippen LogP contribution in [0.3, 0.4) is 0 Å². The first kappa shape index (κ1) is 21.3. The van der Waals surface area contributed by atoms with Gasteiger partial charge < -0.3 is 19.9 Å². The molecule has 4 heterocycles. The van der Waals surface area contributed by atoms with Crippen LogP contribution in [-0.4, -0.2) is 61.3 Å². The number of nitrogens with one attached hydrogen (secondary N) is 1. The van der Waals surface area contributed by atoms with Gasteiger partial charge in [0.05, 0.1) is 5.69 Å². The van der Waals surface area contributed by atoms with E-state index in [1.807, 2.05) is 11.9 Å². The molecule has 2 aliphatic rings. The zero-order valence-electron chi connectivity index (χ0n) is 16.1. The lowest BCUT2D eigenvalue weighted by molar-refractivity contribution is -0.161. The van der Waals surface area contributed by atoms with Crippen molar-refractivity contribution in [1.82, 2.24) is 9.97 Å². The van der Waals surface area contributed by atoms with E-state index in [1.165, 1.54) is 6.07 Å². The van der Waals surface area contributed by atoms with Crippen LogP contribution in [0.1, 0.15) is 16.9 Å². The van der Waals surface area contributed by atoms with E-state index >= 15 is 0 Å². The zero-order valence-corrected chi connectivity index (χ0v) is 16.1. The molecule has 0 aliphatic carbocycles. The van der Waals surface area contributed by atoms with E-state index in [-0.39, 0.29) is 5.69 Å². The van der Waals surface area contributed by atoms with Crippen LogP contribution in [0.4, 0.5) is 30.5 Å². The summed E-state index contributed by atoms with van der Waals surface area (Å²) < 4.78 is 40.4. The number of hydrogen-bond acceptors (Lipinski definition) is 7. The topological polar surface area (TPSA) is 87.7 Å². The third kappa shape index (κ3) is 5.16. The van der Waals surface area contributed by atoms with Crippen LogP contribution in [0.5, 0.6) is 0 Å². The summed E-state index contributed by atoms with van der Waals surface area (Å²) in [5.74, 6) is 0.133. The molecule has 8 nitrogen and oxygen atoms in total. The molecule has 1 N–H and O–H groups in total. The summed E-state index contributed by atoms with van der Waals surface area (Å²) >= 11 is 0. The maximum absolute atomic E-state index is 12.1. The largest absolute Gasteiger partial charge is 0.451 e. The Balaban J connectivity index is 0.000000239. The van der Waals surface area contributed by atoms with Crippen LogP contribution in [0.15, 0.2) is 36.5 Å². The van der Waals surface area contributed by atoms with Gasteiger partial charge in [-0.2, -0.15) is 13.2 Å². The van der Waals surface area contributed by atoms with Gasteiger partial charge in [0.2, 0.25) is 6.41 Å². The molecule has 30 heavy (non-hydrogen) atoms. The minimum absolute atomic E-state index is 0.104. The third-order valence-corrected chi connectivity index (χ3v) is 4.69. The molecule has 4 rings (SSSR count). The molecule has 160 valence electrons. The minimum atomic E-state index is -4.54. The van der Waals surface area contributed by atoms with E-state index in [0.717, 1.165) is 25.2 Å². The molecule has 1 atom stereocenters. The van der Waals surface area contributed by atoms with Gasteiger partial charge in [0.15, 0.2) is 18.1 Å². The van der Waals surface area contributed by atoms with Crippen molar-refractivity contribution in [3.8, 4) is 0 Å². The van der Waals surface area contributed by atoms with Crippen molar-refractivity contribution in [2.24, 2.45) is 0 Å². The first-order valence-corrected chi connectivity index (χ1v) is 9.12. The number of ether oxygens (including phenoxy) is 1. The molecule has 0 spiro atoms. The number of carbonyl (C=O) groups is 2. The van der Waals surface area contributed by atoms with Crippen molar-refractivity contribution in [2.45, 2.75) is 18.6 Å². The summed E-state index contributed by atoms with van der Waals surface area (Å²) in [4.78, 5) is 33.6. The number of halogens is 3. The van der Waals surface area contributed by atoms with Gasteiger partial charge in [0.25, 0.3) is 0 Å². The highest BCUT2D eigenvalue weighted by Gasteiger charge is 2.35. The van der Waals surface area contributed by atoms with Crippen molar-refractivity contribution in [1.29, 1.82) is 0 Å². The van der Waals surface area contributed by atoms with Crippen LogP contribution in [0, 0.1) is 0 Å². The predicted molar refractivity (Wildman–Crippen MR) is 104 cm³/mol. The Morgan fingerprint density at radius 2 is 2.13 bits per heavy atom. The number of alkyl halides is 3. The first-order chi connectivity index (χ1) is 14.3. The highest BCUT2D eigenvalue weighted by atomic mass is 19.4. The molecule has 0 aromatic carbocycles. The Hall–Kier alpha value is -3.37. The summed E-state index contributed by atoms with van der Waals surface area (Å²) in [5.41, 5.74) is 0.797. The average molecular weight is 423 g/mol. The molecule has 0 saturated carbocycles. The number of fused-ring (bicyclic) bond motifs is 4. The smallest absolute Gasteiger partial charge is 0.422 e. The first-order valence-electron chi connectivity index (χ1n) is 9.12. The Labute approximate surface area is 170 Å². The number of nitrogens with zero attached hydrogens (tertiary/aromatic N) is 4. The highest BCUT2D eigenvalue weighted by molar-refractivity contribution is 5.89. The number of esters is 1. The minimum Gasteiger partial charge on any atom is -0.451 e. The van der Waals surface area contributed by atoms with Crippen LogP contribution < -0.4 is 15.1 Å². The van der Waals surface area contributed by atoms with Crippen molar-refractivity contribution in [3.63, 3.8) is 0 Å². The fourth-order valence-corrected chi connectivity index (χ4v) is 3.24. The second-order valence-electron chi connectivity index (χ2n) is 6.71. The molecule has 1 fully saturated rings. The number of likely N-dealkylation sites (N-methyl/N-ethyl adjacent to an activating group) is 1. The van der Waals surface area contributed by atoms with Crippen LogP contribution in [0.2, 0.25) is 0 Å². The monoisotopic (exact) mass is 423 g/mol. The standard InChI is InChI=1S/C13H14F3N3O2.C6H6N2O/c1-18-8-4-5-19(6-8)10-3-2-9(17-11(10)18)12(20)21-7-13(14,15)16;9-5-8-6-3-1-2-4-7-6/h2-3,8H,4-7H2,1H3;1-5H,(H,7,8,9). The summed E-state index contributed by atoms with van der Waals surface area (Å²) in [5, 5.41) is 2.42. The van der Waals surface area contributed by atoms with E-state index in [1.54, 1.807) is 30.5 Å². The van der Waals surface area contributed by atoms with Crippen molar-refractivity contribution in [2.75, 3.05) is 41.9 Å². The number of pyridine rings is 2. The van der Waals surface area contributed by atoms with E-state index in [2.05, 4.69) is 24.9 Å². The molecule has 1 unspecified atom stereocenters. The number of hydrogen-bond donors (Lipinski definition) is 1. The predicted octanol–water partition coefficient (Wildman–Crippen LogP) is 2.48. The van der Waals surface area contributed by atoms with Gasteiger partial charge in [0.1, 0.15) is 5.82 Å². The van der Waals surface area contributed by atoms with Gasteiger partial charge in [-0.3, -0.25) is 4.79 Å². The van der Waals surface area contributed by atoms with Gasteiger partial charge in [-0.1, -0.05) is 6.07 Å². The second-order valence-corrected chi connectivity index (χ2v) is 6.71. The average Bonchev–Trinajstić information content (AvgIpc) is 3.17. The number of aromatic nitrogens is 2. The Kier molecular flexibility index (Phi) is 6.38. The molecule has 2 aromatic heterocycles. The van der Waals surface area contributed by atoms with Gasteiger partial charge in [-0.25, -0.2) is 14.8 Å². The Morgan fingerprint density at radius 3 is 2.80 bits per heavy atom. The van der Waals surface area contributed by atoms with E-state index in [9.17, 15) is 22.8 Å². The summed E-state index contributed by atoms with van der Waals surface area (Å²) in [7, 11) is 1.88. The van der Waals surface area contributed by atoms with Crippen LogP contribution in [0.25, 0.3) is 0 Å². The van der Waals surface area contributed by atoms with Gasteiger partial charge in [-0.05, 0) is 30.7 Å². The highest BCUT2D eigenvalue weighted by Crippen LogP contribution is 2.37. The molecule has 2 aromatic rings. The summed E-state index contributed by atoms with van der Waals surface area (Å²) in [6.45, 7) is 0.222. The Morgan fingerprint density at radius 1 is 1.33 bits per heavy atom. The molecule has 2 aliphatic heterocycles. The summed E-state index contributed by atoms with van der Waals surface area (Å²) in [6.07, 6.45) is -1.32. The number of anilines is 3. The van der Waals surface area contributed by atoms with E-state index < -0.39 is 18.8 Å².